The fourth-order valence-corrected chi connectivity index (χ4v) is 3.09. The van der Waals surface area contributed by atoms with Crippen LogP contribution in [0.3, 0.4) is 0 Å². The van der Waals surface area contributed by atoms with Gasteiger partial charge in [0.2, 0.25) is 11.8 Å². The van der Waals surface area contributed by atoms with E-state index >= 15 is 0 Å². The molecule has 8 heteroatoms. The Balaban J connectivity index is 1.78. The van der Waals surface area contributed by atoms with E-state index < -0.39 is 0 Å². The van der Waals surface area contributed by atoms with Crippen LogP contribution in [0.1, 0.15) is 18.4 Å². The maximum atomic E-state index is 11.8. The summed E-state index contributed by atoms with van der Waals surface area (Å²) in [5, 5.41) is 16.2. The first-order valence-electron chi connectivity index (χ1n) is 7.30. The highest BCUT2D eigenvalue weighted by Crippen LogP contribution is 2.32. The van der Waals surface area contributed by atoms with E-state index in [1.165, 1.54) is 6.21 Å². The van der Waals surface area contributed by atoms with Crippen LogP contribution in [-0.2, 0) is 9.59 Å². The van der Waals surface area contributed by atoms with Crippen LogP contribution in [-0.4, -0.2) is 23.1 Å². The number of anilines is 1. The summed E-state index contributed by atoms with van der Waals surface area (Å²) < 4.78 is 1.01. The number of phenolic OH excluding ortho intramolecular Hbond substituents is 1. The minimum Gasteiger partial charge on any atom is -0.506 e. The van der Waals surface area contributed by atoms with Crippen LogP contribution < -0.4 is 10.7 Å². The molecule has 0 heterocycles. The minimum atomic E-state index is -0.364. The summed E-state index contributed by atoms with van der Waals surface area (Å²) in [6, 6.07) is 12.3. The van der Waals surface area contributed by atoms with Crippen molar-refractivity contribution in [2.75, 3.05) is 5.32 Å². The molecule has 0 aliphatic heterocycles. The van der Waals surface area contributed by atoms with Crippen LogP contribution in [0.2, 0.25) is 0 Å². The predicted molar refractivity (Wildman–Crippen MR) is 104 cm³/mol. The molecule has 2 aromatic carbocycles. The van der Waals surface area contributed by atoms with Gasteiger partial charge < -0.3 is 10.4 Å². The number of nitrogens with zero attached hydrogens (tertiary/aromatic N) is 1. The Bertz CT molecular complexity index is 772. The summed E-state index contributed by atoms with van der Waals surface area (Å²) in [4.78, 5) is 23.5. The normalized spacial score (nSPS) is 10.6. The van der Waals surface area contributed by atoms with Crippen molar-refractivity contribution in [3.8, 4) is 5.75 Å². The van der Waals surface area contributed by atoms with Crippen LogP contribution in [0, 0.1) is 0 Å². The van der Waals surface area contributed by atoms with E-state index in [4.69, 9.17) is 0 Å². The van der Waals surface area contributed by atoms with E-state index in [0.29, 0.717) is 20.2 Å². The average Bonchev–Trinajstić information content (AvgIpc) is 2.58. The summed E-state index contributed by atoms with van der Waals surface area (Å²) >= 11 is 6.42. The smallest absolute Gasteiger partial charge is 0.240 e. The molecule has 25 heavy (non-hydrogen) atoms. The van der Waals surface area contributed by atoms with Gasteiger partial charge in [0.1, 0.15) is 5.75 Å². The van der Waals surface area contributed by atoms with E-state index in [0.717, 1.165) is 0 Å². The lowest BCUT2D eigenvalue weighted by Crippen LogP contribution is -2.20. The molecule has 0 saturated carbocycles. The first-order valence-corrected chi connectivity index (χ1v) is 8.89. The Morgan fingerprint density at radius 3 is 2.28 bits per heavy atom. The fourth-order valence-electron chi connectivity index (χ4n) is 1.87. The lowest BCUT2D eigenvalue weighted by Gasteiger charge is -2.04. The molecular weight excluding hydrogens is 454 g/mol. The largest absolute Gasteiger partial charge is 0.506 e. The third-order valence-electron chi connectivity index (χ3n) is 3.08. The maximum Gasteiger partial charge on any atom is 0.240 e. The highest BCUT2D eigenvalue weighted by atomic mass is 79.9. The standard InChI is InChI=1S/C17H15Br2N3O3/c18-13-8-11(9-14(19)17(13)25)10-20-22-16(24)7-6-15(23)21-12-4-2-1-3-5-12/h1-5,8-10,25H,6-7H2,(H,21,23)(H,22,24). The van der Waals surface area contributed by atoms with Crippen molar-refractivity contribution in [3.05, 3.63) is 57.0 Å². The Labute approximate surface area is 161 Å². The Kier molecular flexibility index (Phi) is 7.15. The number of hydrogen-bond acceptors (Lipinski definition) is 4. The van der Waals surface area contributed by atoms with Crippen molar-refractivity contribution in [1.29, 1.82) is 0 Å². The Hall–Kier alpha value is -2.19. The third-order valence-corrected chi connectivity index (χ3v) is 4.29. The first kappa shape index (κ1) is 19.1. The number of carbonyl (C=O) groups excluding carboxylic acids is 2. The molecule has 0 bridgehead atoms. The van der Waals surface area contributed by atoms with Crippen LogP contribution in [0.5, 0.6) is 5.75 Å². The average molecular weight is 469 g/mol. The highest BCUT2D eigenvalue weighted by molar-refractivity contribution is 9.11. The van der Waals surface area contributed by atoms with Gasteiger partial charge in [0.25, 0.3) is 0 Å². The zero-order chi connectivity index (χ0) is 18.2. The van der Waals surface area contributed by atoms with Gasteiger partial charge in [-0.2, -0.15) is 5.10 Å². The Morgan fingerprint density at radius 1 is 1.04 bits per heavy atom. The molecule has 3 N–H and O–H groups in total. The molecule has 2 aromatic rings. The number of rotatable bonds is 6. The number of hydrogen-bond donors (Lipinski definition) is 3. The monoisotopic (exact) mass is 467 g/mol. The number of aromatic hydroxyl groups is 1. The number of halogens is 2. The number of hydrazone groups is 1. The van der Waals surface area contributed by atoms with Gasteiger partial charge in [0.05, 0.1) is 15.2 Å². The number of benzene rings is 2. The number of carbonyl (C=O) groups is 2. The molecule has 0 fully saturated rings. The van der Waals surface area contributed by atoms with Crippen molar-refractivity contribution in [1.82, 2.24) is 5.43 Å². The molecule has 6 nitrogen and oxygen atoms in total. The molecular formula is C17H15Br2N3O3. The molecule has 0 aliphatic rings. The fraction of sp³-hybridized carbons (Fsp3) is 0.118. The molecule has 2 amide bonds. The van der Waals surface area contributed by atoms with E-state index in [-0.39, 0.29) is 30.4 Å². The number of para-hydroxylation sites is 1. The van der Waals surface area contributed by atoms with E-state index in [9.17, 15) is 14.7 Å². The summed E-state index contributed by atoms with van der Waals surface area (Å²) in [6.45, 7) is 0. The van der Waals surface area contributed by atoms with Gasteiger partial charge in [0.15, 0.2) is 0 Å². The highest BCUT2D eigenvalue weighted by Gasteiger charge is 2.07. The second-order valence-electron chi connectivity index (χ2n) is 5.04. The number of nitrogens with one attached hydrogen (secondary N) is 2. The second-order valence-corrected chi connectivity index (χ2v) is 6.75. The van der Waals surface area contributed by atoms with Gasteiger partial charge in [-0.1, -0.05) is 18.2 Å². The lowest BCUT2D eigenvalue weighted by atomic mass is 10.2. The predicted octanol–water partition coefficient (Wildman–Crippen LogP) is 3.79. The topological polar surface area (TPSA) is 90.8 Å². The second kappa shape index (κ2) is 9.33. The van der Waals surface area contributed by atoms with Crippen molar-refractivity contribution in [2.45, 2.75) is 12.8 Å². The van der Waals surface area contributed by atoms with E-state index in [2.05, 4.69) is 47.7 Å². The quantitative estimate of drug-likeness (QED) is 0.445. The molecule has 0 aromatic heterocycles. The van der Waals surface area contributed by atoms with Crippen molar-refractivity contribution < 1.29 is 14.7 Å². The van der Waals surface area contributed by atoms with E-state index in [1.807, 2.05) is 18.2 Å². The zero-order valence-corrected chi connectivity index (χ0v) is 16.2. The van der Waals surface area contributed by atoms with Crippen molar-refractivity contribution >= 4 is 55.6 Å². The molecule has 2 rings (SSSR count). The van der Waals surface area contributed by atoms with Gasteiger partial charge in [0, 0.05) is 18.5 Å². The number of phenols is 1. The molecule has 0 saturated heterocycles. The van der Waals surface area contributed by atoms with Crippen LogP contribution >= 0.6 is 31.9 Å². The molecule has 130 valence electrons. The summed E-state index contributed by atoms with van der Waals surface area (Å²) in [5.74, 6) is -0.515. The third kappa shape index (κ3) is 6.32. The maximum absolute atomic E-state index is 11.8. The summed E-state index contributed by atoms with van der Waals surface area (Å²) in [5.41, 5.74) is 3.73. The molecule has 0 atom stereocenters. The van der Waals surface area contributed by atoms with Crippen molar-refractivity contribution in [3.63, 3.8) is 0 Å². The molecule has 0 aliphatic carbocycles. The summed E-state index contributed by atoms with van der Waals surface area (Å²) in [6.07, 6.45) is 1.53. The molecule has 0 unspecified atom stereocenters. The van der Waals surface area contributed by atoms with Crippen LogP contribution in [0.25, 0.3) is 0 Å². The van der Waals surface area contributed by atoms with E-state index in [1.54, 1.807) is 24.3 Å². The van der Waals surface area contributed by atoms with Gasteiger partial charge in [-0.3, -0.25) is 9.59 Å². The van der Waals surface area contributed by atoms with Gasteiger partial charge in [-0.15, -0.1) is 0 Å². The van der Waals surface area contributed by atoms with Crippen LogP contribution in [0.4, 0.5) is 5.69 Å². The van der Waals surface area contributed by atoms with Gasteiger partial charge in [-0.25, -0.2) is 5.43 Å². The summed E-state index contributed by atoms with van der Waals surface area (Å²) in [7, 11) is 0. The van der Waals surface area contributed by atoms with Crippen molar-refractivity contribution in [2.24, 2.45) is 5.10 Å². The first-order chi connectivity index (χ1) is 12.0. The van der Waals surface area contributed by atoms with Crippen LogP contribution in [0.15, 0.2) is 56.5 Å². The van der Waals surface area contributed by atoms with Gasteiger partial charge in [-0.05, 0) is 61.7 Å². The SMILES string of the molecule is O=C(CCC(=O)Nc1ccccc1)NN=Cc1cc(Br)c(O)c(Br)c1. The minimum absolute atomic E-state index is 0.0268. The molecule has 0 radical (unpaired) electrons. The Morgan fingerprint density at radius 2 is 1.64 bits per heavy atom. The lowest BCUT2D eigenvalue weighted by molar-refractivity contribution is -0.124. The van der Waals surface area contributed by atoms with Gasteiger partial charge >= 0.3 is 0 Å². The number of amides is 2. The molecule has 0 spiro atoms. The zero-order valence-electron chi connectivity index (χ0n) is 13.0.